The molecular weight excluding hydrogens is 374 g/mol. The molecule has 8 nitrogen and oxygen atoms in total. The number of rotatable bonds is 5. The van der Waals surface area contributed by atoms with E-state index in [4.69, 9.17) is 22.1 Å². The van der Waals surface area contributed by atoms with Crippen molar-refractivity contribution in [1.29, 1.82) is 0 Å². The highest BCUT2D eigenvalue weighted by Gasteiger charge is 2.23. The summed E-state index contributed by atoms with van der Waals surface area (Å²) in [6.07, 6.45) is 3.57. The second-order valence-corrected chi connectivity index (χ2v) is 7.20. The SMILES string of the molecule is COc1ccc(-c2nn(C[NH+]3CCN(c4ncccn4)CC3)c(=S)n2C)cc1. The summed E-state index contributed by atoms with van der Waals surface area (Å²) < 4.78 is 9.86. The van der Waals surface area contributed by atoms with Crippen LogP contribution in [0.4, 0.5) is 5.95 Å². The number of nitrogens with one attached hydrogen (secondary N) is 1. The van der Waals surface area contributed by atoms with Gasteiger partial charge in [0.1, 0.15) is 5.75 Å². The number of aromatic nitrogens is 5. The van der Waals surface area contributed by atoms with E-state index >= 15 is 0 Å². The summed E-state index contributed by atoms with van der Waals surface area (Å²) >= 11 is 5.63. The van der Waals surface area contributed by atoms with E-state index in [0.29, 0.717) is 0 Å². The molecule has 0 saturated carbocycles. The van der Waals surface area contributed by atoms with Crippen molar-refractivity contribution in [1.82, 2.24) is 24.3 Å². The highest BCUT2D eigenvalue weighted by molar-refractivity contribution is 7.71. The van der Waals surface area contributed by atoms with Crippen molar-refractivity contribution in [3.05, 3.63) is 47.5 Å². The zero-order chi connectivity index (χ0) is 19.5. The third-order valence-corrected chi connectivity index (χ3v) is 5.55. The molecule has 0 atom stereocenters. The fourth-order valence-corrected chi connectivity index (χ4v) is 3.62. The smallest absolute Gasteiger partial charge is 0.225 e. The molecule has 1 aliphatic rings. The fourth-order valence-electron chi connectivity index (χ4n) is 3.43. The fraction of sp³-hybridized carbons (Fsp3) is 0.368. The molecule has 3 aromatic rings. The van der Waals surface area contributed by atoms with Crippen LogP contribution >= 0.6 is 12.2 Å². The lowest BCUT2D eigenvalue weighted by Crippen LogP contribution is -3.14. The van der Waals surface area contributed by atoms with Crippen molar-refractivity contribution >= 4 is 18.2 Å². The van der Waals surface area contributed by atoms with Gasteiger partial charge in [0.25, 0.3) is 0 Å². The minimum absolute atomic E-state index is 0.729. The van der Waals surface area contributed by atoms with Crippen molar-refractivity contribution in [2.24, 2.45) is 7.05 Å². The third kappa shape index (κ3) is 3.76. The van der Waals surface area contributed by atoms with Gasteiger partial charge >= 0.3 is 0 Å². The molecule has 1 N–H and O–H groups in total. The first-order valence-corrected chi connectivity index (χ1v) is 9.70. The minimum atomic E-state index is 0.729. The predicted molar refractivity (Wildman–Crippen MR) is 109 cm³/mol. The summed E-state index contributed by atoms with van der Waals surface area (Å²) in [5.41, 5.74) is 1.02. The van der Waals surface area contributed by atoms with Gasteiger partial charge in [-0.05, 0) is 42.5 Å². The van der Waals surface area contributed by atoms with E-state index in [-0.39, 0.29) is 0 Å². The molecule has 28 heavy (non-hydrogen) atoms. The summed E-state index contributed by atoms with van der Waals surface area (Å²) in [5, 5.41) is 4.78. The third-order valence-electron chi connectivity index (χ3n) is 5.07. The molecule has 0 radical (unpaired) electrons. The maximum absolute atomic E-state index is 5.63. The van der Waals surface area contributed by atoms with Crippen LogP contribution in [0.5, 0.6) is 5.75 Å². The van der Waals surface area contributed by atoms with Crippen LogP contribution in [0.3, 0.4) is 0 Å². The highest BCUT2D eigenvalue weighted by atomic mass is 32.1. The van der Waals surface area contributed by atoms with Gasteiger partial charge in [-0.2, -0.15) is 4.68 Å². The molecular formula is C19H24N7OS+. The molecule has 1 saturated heterocycles. The van der Waals surface area contributed by atoms with Crippen LogP contribution in [0.25, 0.3) is 11.4 Å². The van der Waals surface area contributed by atoms with Gasteiger partial charge in [-0.3, -0.25) is 0 Å². The van der Waals surface area contributed by atoms with Gasteiger partial charge in [-0.15, -0.1) is 5.10 Å². The number of nitrogens with zero attached hydrogens (tertiary/aromatic N) is 6. The molecule has 1 aliphatic heterocycles. The summed E-state index contributed by atoms with van der Waals surface area (Å²) in [6.45, 7) is 4.59. The van der Waals surface area contributed by atoms with Gasteiger partial charge in [-0.25, -0.2) is 9.97 Å². The molecule has 0 spiro atoms. The molecule has 0 bridgehead atoms. The lowest BCUT2D eigenvalue weighted by atomic mass is 10.2. The Bertz CT molecular complexity index is 976. The molecule has 9 heteroatoms. The zero-order valence-electron chi connectivity index (χ0n) is 16.1. The van der Waals surface area contributed by atoms with Gasteiger partial charge in [0.15, 0.2) is 12.5 Å². The van der Waals surface area contributed by atoms with Crippen molar-refractivity contribution in [2.45, 2.75) is 6.67 Å². The van der Waals surface area contributed by atoms with Gasteiger partial charge in [0.05, 0.1) is 33.3 Å². The average molecular weight is 399 g/mol. The summed E-state index contributed by atoms with van der Waals surface area (Å²) in [5.74, 6) is 2.50. The summed E-state index contributed by atoms with van der Waals surface area (Å²) in [4.78, 5) is 12.4. The Kier molecular flexibility index (Phi) is 5.36. The molecule has 0 unspecified atom stereocenters. The van der Waals surface area contributed by atoms with Crippen LogP contribution in [-0.2, 0) is 13.7 Å². The number of methoxy groups -OCH3 is 1. The quantitative estimate of drug-likeness (QED) is 0.641. The van der Waals surface area contributed by atoms with Crippen molar-refractivity contribution < 1.29 is 9.64 Å². The molecule has 3 heterocycles. The van der Waals surface area contributed by atoms with Crippen LogP contribution in [-0.4, -0.2) is 57.6 Å². The lowest BCUT2D eigenvalue weighted by molar-refractivity contribution is -0.924. The normalized spacial score (nSPS) is 15.0. The van der Waals surface area contributed by atoms with Crippen LogP contribution in [0.15, 0.2) is 42.7 Å². The second-order valence-electron chi connectivity index (χ2n) is 6.84. The molecule has 1 fully saturated rings. The first kappa shape index (κ1) is 18.6. The minimum Gasteiger partial charge on any atom is -0.497 e. The summed E-state index contributed by atoms with van der Waals surface area (Å²) in [6, 6.07) is 9.73. The monoisotopic (exact) mass is 398 g/mol. The van der Waals surface area contributed by atoms with E-state index in [1.807, 2.05) is 46.6 Å². The summed E-state index contributed by atoms with van der Waals surface area (Å²) in [7, 11) is 3.63. The van der Waals surface area contributed by atoms with E-state index in [0.717, 1.165) is 60.7 Å². The van der Waals surface area contributed by atoms with Gasteiger partial charge < -0.3 is 19.1 Å². The number of anilines is 1. The van der Waals surface area contributed by atoms with Crippen LogP contribution in [0.2, 0.25) is 0 Å². The van der Waals surface area contributed by atoms with Crippen LogP contribution in [0, 0.1) is 4.77 Å². The van der Waals surface area contributed by atoms with E-state index in [1.54, 1.807) is 19.5 Å². The predicted octanol–water partition coefficient (Wildman–Crippen LogP) is 0.779. The van der Waals surface area contributed by atoms with E-state index in [1.165, 1.54) is 4.90 Å². The first-order chi connectivity index (χ1) is 13.7. The molecule has 146 valence electrons. The largest absolute Gasteiger partial charge is 0.497 e. The zero-order valence-corrected chi connectivity index (χ0v) is 16.9. The van der Waals surface area contributed by atoms with Gasteiger partial charge in [0, 0.05) is 25.0 Å². The number of quaternary nitrogens is 1. The standard InChI is InChI=1S/C19H23N7OS/c1-23-17(15-4-6-16(27-2)7-5-15)22-26(19(23)28)14-24-10-12-25(13-11-24)18-20-8-3-9-21-18/h3-9H,10-14H2,1-2H3/p+1. The number of piperazine rings is 1. The van der Waals surface area contributed by atoms with Crippen molar-refractivity contribution in [3.63, 3.8) is 0 Å². The second kappa shape index (κ2) is 8.07. The maximum atomic E-state index is 5.63. The molecule has 0 aliphatic carbocycles. The molecule has 4 rings (SSSR count). The Labute approximate surface area is 169 Å². The van der Waals surface area contributed by atoms with E-state index < -0.39 is 0 Å². The first-order valence-electron chi connectivity index (χ1n) is 9.29. The number of ether oxygens (including phenoxy) is 1. The van der Waals surface area contributed by atoms with Crippen LogP contribution < -0.4 is 14.5 Å². The molecule has 1 aromatic carbocycles. The maximum Gasteiger partial charge on any atom is 0.225 e. The highest BCUT2D eigenvalue weighted by Crippen LogP contribution is 2.20. The number of hydrogen-bond donors (Lipinski definition) is 1. The van der Waals surface area contributed by atoms with Crippen molar-refractivity contribution in [3.8, 4) is 17.1 Å². The Balaban J connectivity index is 1.45. The van der Waals surface area contributed by atoms with Gasteiger partial charge in [0.2, 0.25) is 10.7 Å². The Hall–Kier alpha value is -2.78. The van der Waals surface area contributed by atoms with E-state index in [2.05, 4.69) is 14.9 Å². The Morgan fingerprint density at radius 3 is 2.43 bits per heavy atom. The van der Waals surface area contributed by atoms with Crippen molar-refractivity contribution in [2.75, 3.05) is 38.2 Å². The lowest BCUT2D eigenvalue weighted by Gasteiger charge is -2.31. The average Bonchev–Trinajstić information content (AvgIpc) is 3.03. The van der Waals surface area contributed by atoms with Crippen LogP contribution in [0.1, 0.15) is 0 Å². The topological polar surface area (TPSA) is 65.4 Å². The van der Waals surface area contributed by atoms with E-state index in [9.17, 15) is 0 Å². The Morgan fingerprint density at radius 2 is 1.79 bits per heavy atom. The molecule has 0 amide bonds. The van der Waals surface area contributed by atoms with Gasteiger partial charge in [-0.1, -0.05) is 0 Å². The number of benzene rings is 1. The Morgan fingerprint density at radius 1 is 1.11 bits per heavy atom. The molecule has 2 aromatic heterocycles. The number of hydrogen-bond acceptors (Lipinski definition) is 6.